The third kappa shape index (κ3) is 3.11. The molecule has 1 saturated heterocycles. The van der Waals surface area contributed by atoms with Crippen molar-refractivity contribution in [3.63, 3.8) is 0 Å². The number of nitrogens with zero attached hydrogens (tertiary/aromatic N) is 2. The van der Waals surface area contributed by atoms with E-state index in [1.54, 1.807) is 0 Å². The maximum atomic E-state index is 15.1. The summed E-state index contributed by atoms with van der Waals surface area (Å²) in [5.74, 6) is -5.32. The summed E-state index contributed by atoms with van der Waals surface area (Å²) in [5, 5.41) is 20.0. The van der Waals surface area contributed by atoms with Crippen molar-refractivity contribution in [2.45, 2.75) is 37.3 Å². The molecule has 1 aliphatic heterocycles. The predicted octanol–water partition coefficient (Wildman–Crippen LogP) is 4.52. The Hall–Kier alpha value is -2.69. The van der Waals surface area contributed by atoms with Gasteiger partial charge in [-0.2, -0.15) is 5.26 Å². The van der Waals surface area contributed by atoms with Crippen LogP contribution in [0.1, 0.15) is 30.9 Å². The number of carboxylic acids is 1. The third-order valence-corrected chi connectivity index (χ3v) is 6.20. The smallest absolute Gasteiger partial charge is 0.327 e. The predicted molar refractivity (Wildman–Crippen MR) is 106 cm³/mol. The molecule has 1 aliphatic rings. The van der Waals surface area contributed by atoms with E-state index in [-0.39, 0.29) is 21.2 Å². The quantitative estimate of drug-likeness (QED) is 0.741. The summed E-state index contributed by atoms with van der Waals surface area (Å²) in [7, 11) is 0. The minimum Gasteiger partial charge on any atom is -0.480 e. The number of nitriles is 1. The Morgan fingerprint density at radius 1 is 1.23 bits per heavy atom. The highest BCUT2D eigenvalue weighted by Crippen LogP contribution is 2.54. The summed E-state index contributed by atoms with van der Waals surface area (Å²) < 4.78 is 30.1. The first-order valence-corrected chi connectivity index (χ1v) is 9.65. The van der Waals surface area contributed by atoms with Gasteiger partial charge >= 0.3 is 5.97 Å². The first kappa shape index (κ1) is 22.0. The maximum absolute atomic E-state index is 15.1. The van der Waals surface area contributed by atoms with E-state index < -0.39 is 46.9 Å². The minimum absolute atomic E-state index is 0.0682. The summed E-state index contributed by atoms with van der Waals surface area (Å²) in [6.45, 7) is 2.58. The number of carbonyl (C=O) groups excluding carboxylic acids is 1. The molecule has 0 saturated carbocycles. The zero-order valence-corrected chi connectivity index (χ0v) is 17.4. The van der Waals surface area contributed by atoms with E-state index in [0.29, 0.717) is 0 Å². The van der Waals surface area contributed by atoms with Crippen LogP contribution in [0.3, 0.4) is 0 Å². The van der Waals surface area contributed by atoms with Gasteiger partial charge in [0.1, 0.15) is 23.1 Å². The van der Waals surface area contributed by atoms with E-state index >= 15 is 8.78 Å². The zero-order valence-electron chi connectivity index (χ0n) is 15.9. The molecule has 0 aromatic heterocycles. The Morgan fingerprint density at radius 2 is 1.90 bits per heavy atom. The molecule has 2 aromatic rings. The van der Waals surface area contributed by atoms with Gasteiger partial charge in [-0.3, -0.25) is 4.79 Å². The van der Waals surface area contributed by atoms with Crippen molar-refractivity contribution in [3.05, 3.63) is 69.2 Å². The number of carboxylic acid groups (broad SMARTS) is 1. The molecule has 2 aromatic carbocycles. The van der Waals surface area contributed by atoms with Crippen LogP contribution >= 0.6 is 23.2 Å². The largest absolute Gasteiger partial charge is 0.480 e. The normalized spacial score (nSPS) is 25.8. The number of halogens is 4. The topological polar surface area (TPSA) is 81.4 Å². The van der Waals surface area contributed by atoms with E-state index in [1.807, 2.05) is 6.07 Å². The number of amides is 1. The van der Waals surface area contributed by atoms with Gasteiger partial charge in [0.25, 0.3) is 0 Å². The van der Waals surface area contributed by atoms with Crippen LogP contribution in [0.25, 0.3) is 0 Å². The third-order valence-electron chi connectivity index (χ3n) is 5.68. The van der Waals surface area contributed by atoms with Crippen molar-refractivity contribution in [3.8, 4) is 6.07 Å². The summed E-state index contributed by atoms with van der Waals surface area (Å²) in [4.78, 5) is 25.6. The van der Waals surface area contributed by atoms with Gasteiger partial charge in [-0.05, 0) is 30.7 Å². The highest BCUT2D eigenvalue weighted by Gasteiger charge is 2.64. The molecule has 1 heterocycles. The number of benzene rings is 2. The number of aliphatic carboxylic acids is 1. The van der Waals surface area contributed by atoms with E-state index in [2.05, 4.69) is 0 Å². The molecule has 1 N–H and O–H groups in total. The Labute approximate surface area is 181 Å². The van der Waals surface area contributed by atoms with Gasteiger partial charge in [0, 0.05) is 23.4 Å². The molecule has 9 heteroatoms. The van der Waals surface area contributed by atoms with Crippen LogP contribution in [0.4, 0.5) is 8.78 Å². The summed E-state index contributed by atoms with van der Waals surface area (Å²) in [6, 6.07) is 6.86. The van der Waals surface area contributed by atoms with Crippen LogP contribution < -0.4 is 0 Å². The van der Waals surface area contributed by atoms with E-state index in [1.165, 1.54) is 37.3 Å². The Bertz CT molecular complexity index is 1090. The van der Waals surface area contributed by atoms with Gasteiger partial charge in [-0.25, -0.2) is 13.6 Å². The van der Waals surface area contributed by atoms with Crippen molar-refractivity contribution in [1.82, 2.24) is 4.90 Å². The zero-order chi connectivity index (χ0) is 22.4. The van der Waals surface area contributed by atoms with Gasteiger partial charge in [-0.1, -0.05) is 41.4 Å². The molecule has 3 rings (SSSR count). The first-order valence-electron chi connectivity index (χ1n) is 8.90. The van der Waals surface area contributed by atoms with Crippen molar-refractivity contribution < 1.29 is 23.5 Å². The van der Waals surface area contributed by atoms with E-state index in [4.69, 9.17) is 23.2 Å². The molecule has 156 valence electrons. The fourth-order valence-electron chi connectivity index (χ4n) is 4.48. The standard InChI is InChI=1S/C21H16Cl2F2N2O3/c1-10-21(9-26,14-7-6-12(22)8-16(14)24)17(13-4-3-5-15(23)18(13)25)19(20(29)30)27(10)11(2)28/h3-8,10,17,19H,1-2H3,(H,29,30)/t10-,17+,19-,21-/m1/s1. The van der Waals surface area contributed by atoms with Gasteiger partial charge < -0.3 is 10.0 Å². The van der Waals surface area contributed by atoms with Crippen LogP contribution in [0.15, 0.2) is 36.4 Å². The SMILES string of the molecule is CC(=O)N1[C@@H](C(=O)O)[C@H](c2cccc(Cl)c2F)[C@@](C#N)(c2ccc(Cl)cc2F)[C@H]1C. The molecule has 0 spiro atoms. The Morgan fingerprint density at radius 3 is 2.43 bits per heavy atom. The molecule has 0 unspecified atom stereocenters. The Balaban J connectivity index is 2.45. The molecule has 1 fully saturated rings. The lowest BCUT2D eigenvalue weighted by Crippen LogP contribution is -2.45. The number of hydrogen-bond donors (Lipinski definition) is 1. The molecule has 4 atom stereocenters. The molecule has 0 bridgehead atoms. The monoisotopic (exact) mass is 452 g/mol. The average Bonchev–Trinajstić information content (AvgIpc) is 2.94. The van der Waals surface area contributed by atoms with Crippen molar-refractivity contribution in [1.29, 1.82) is 5.26 Å². The lowest BCUT2D eigenvalue weighted by atomic mass is 9.65. The molecule has 1 amide bonds. The molecule has 0 aliphatic carbocycles. The highest BCUT2D eigenvalue weighted by atomic mass is 35.5. The van der Waals surface area contributed by atoms with Gasteiger partial charge in [0.15, 0.2) is 0 Å². The maximum Gasteiger partial charge on any atom is 0.327 e. The van der Waals surface area contributed by atoms with Crippen LogP contribution in [0.2, 0.25) is 10.0 Å². The number of hydrogen-bond acceptors (Lipinski definition) is 3. The summed E-state index contributed by atoms with van der Waals surface area (Å²) in [5.41, 5.74) is -2.29. The van der Waals surface area contributed by atoms with Crippen molar-refractivity contribution in [2.75, 3.05) is 0 Å². The molecular formula is C21H16Cl2F2N2O3. The van der Waals surface area contributed by atoms with Crippen LogP contribution in [0.5, 0.6) is 0 Å². The number of likely N-dealkylation sites (tertiary alicyclic amines) is 1. The second kappa shape index (κ2) is 7.86. The molecule has 0 radical (unpaired) electrons. The van der Waals surface area contributed by atoms with E-state index in [9.17, 15) is 20.0 Å². The van der Waals surface area contributed by atoms with Crippen LogP contribution in [0, 0.1) is 23.0 Å². The summed E-state index contributed by atoms with van der Waals surface area (Å²) >= 11 is 11.8. The second-order valence-electron chi connectivity index (χ2n) is 7.11. The minimum atomic E-state index is -1.92. The first-order chi connectivity index (χ1) is 14.1. The molecule has 30 heavy (non-hydrogen) atoms. The average molecular weight is 453 g/mol. The fraction of sp³-hybridized carbons (Fsp3) is 0.286. The van der Waals surface area contributed by atoms with Crippen LogP contribution in [-0.4, -0.2) is 34.0 Å². The van der Waals surface area contributed by atoms with Crippen LogP contribution in [-0.2, 0) is 15.0 Å². The fourth-order valence-corrected chi connectivity index (χ4v) is 4.82. The van der Waals surface area contributed by atoms with Crippen molar-refractivity contribution in [2.24, 2.45) is 0 Å². The van der Waals surface area contributed by atoms with Gasteiger partial charge in [0.2, 0.25) is 5.91 Å². The number of carbonyl (C=O) groups is 2. The summed E-state index contributed by atoms with van der Waals surface area (Å²) in [6.07, 6.45) is 0. The molecular weight excluding hydrogens is 437 g/mol. The van der Waals surface area contributed by atoms with Gasteiger partial charge in [-0.15, -0.1) is 0 Å². The van der Waals surface area contributed by atoms with Gasteiger partial charge in [0.05, 0.1) is 17.1 Å². The Kier molecular flexibility index (Phi) is 5.76. The lowest BCUT2D eigenvalue weighted by Gasteiger charge is -2.33. The number of rotatable bonds is 3. The van der Waals surface area contributed by atoms with Crippen molar-refractivity contribution >= 4 is 35.1 Å². The second-order valence-corrected chi connectivity index (χ2v) is 7.95. The lowest BCUT2D eigenvalue weighted by molar-refractivity contribution is -0.149. The van der Waals surface area contributed by atoms with E-state index in [0.717, 1.165) is 17.9 Å². The molecule has 5 nitrogen and oxygen atoms in total. The highest BCUT2D eigenvalue weighted by molar-refractivity contribution is 6.31.